The molecule has 84 valence electrons. The highest BCUT2D eigenvalue weighted by Crippen LogP contribution is 1.91. The molecular weight excluding hydrogens is 224 g/mol. The SMILES string of the molecule is CC(=CCl)CNCCCNS(C)(=O)=O. The van der Waals surface area contributed by atoms with Crippen molar-refractivity contribution in [2.45, 2.75) is 13.3 Å². The van der Waals surface area contributed by atoms with Crippen LogP contribution in [-0.2, 0) is 10.0 Å². The molecule has 6 heteroatoms. The molecule has 0 saturated heterocycles. The lowest BCUT2D eigenvalue weighted by atomic mass is 10.3. The van der Waals surface area contributed by atoms with Crippen LogP contribution in [0, 0.1) is 0 Å². The Morgan fingerprint density at radius 3 is 2.57 bits per heavy atom. The second-order valence-corrected chi connectivity index (χ2v) is 5.20. The average Bonchev–Trinajstić information content (AvgIpc) is 2.08. The molecule has 0 aromatic carbocycles. The lowest BCUT2D eigenvalue weighted by molar-refractivity contribution is 0.581. The van der Waals surface area contributed by atoms with E-state index in [0.717, 1.165) is 31.3 Å². The summed E-state index contributed by atoms with van der Waals surface area (Å²) in [5.41, 5.74) is 2.59. The van der Waals surface area contributed by atoms with Gasteiger partial charge in [-0.2, -0.15) is 0 Å². The Morgan fingerprint density at radius 2 is 2.07 bits per heavy atom. The van der Waals surface area contributed by atoms with Crippen molar-refractivity contribution in [3.63, 3.8) is 0 Å². The van der Waals surface area contributed by atoms with Crippen LogP contribution in [0.2, 0.25) is 0 Å². The Labute approximate surface area is 90.8 Å². The van der Waals surface area contributed by atoms with Gasteiger partial charge in [0.15, 0.2) is 0 Å². The third kappa shape index (κ3) is 9.98. The topological polar surface area (TPSA) is 58.2 Å². The Balaban J connectivity index is 3.31. The first-order chi connectivity index (χ1) is 6.45. The van der Waals surface area contributed by atoms with Crippen molar-refractivity contribution in [2.24, 2.45) is 0 Å². The van der Waals surface area contributed by atoms with Crippen LogP contribution in [0.1, 0.15) is 13.3 Å². The van der Waals surface area contributed by atoms with Crippen molar-refractivity contribution in [3.05, 3.63) is 11.1 Å². The minimum absolute atomic E-state index is 0.468. The largest absolute Gasteiger partial charge is 0.313 e. The molecular formula is C8H17ClN2O2S. The third-order valence-corrected chi connectivity index (χ3v) is 2.59. The highest BCUT2D eigenvalue weighted by atomic mass is 35.5. The van der Waals surface area contributed by atoms with Gasteiger partial charge in [-0.3, -0.25) is 0 Å². The number of halogens is 1. The Morgan fingerprint density at radius 1 is 1.43 bits per heavy atom. The standard InChI is InChI=1S/C8H17ClN2O2S/c1-8(6-9)7-10-4-3-5-11-14(2,12)13/h6,10-11H,3-5,7H2,1-2H3. The number of hydrogen-bond acceptors (Lipinski definition) is 3. The van der Waals surface area contributed by atoms with Crippen LogP contribution in [0.3, 0.4) is 0 Å². The molecule has 0 unspecified atom stereocenters. The highest BCUT2D eigenvalue weighted by molar-refractivity contribution is 7.88. The molecule has 0 amide bonds. The summed E-state index contributed by atoms with van der Waals surface area (Å²) < 4.78 is 23.7. The monoisotopic (exact) mass is 240 g/mol. The van der Waals surface area contributed by atoms with Crippen molar-refractivity contribution < 1.29 is 8.42 Å². The molecule has 0 rings (SSSR count). The maximum atomic E-state index is 10.7. The number of rotatable bonds is 7. The summed E-state index contributed by atoms with van der Waals surface area (Å²) in [6, 6.07) is 0. The predicted molar refractivity (Wildman–Crippen MR) is 59.9 cm³/mol. The van der Waals surface area contributed by atoms with Crippen LogP contribution < -0.4 is 10.0 Å². The summed E-state index contributed by atoms with van der Waals surface area (Å²) in [6.45, 7) is 3.90. The first-order valence-electron chi connectivity index (χ1n) is 4.37. The minimum atomic E-state index is -3.04. The zero-order valence-electron chi connectivity index (χ0n) is 8.51. The van der Waals surface area contributed by atoms with Gasteiger partial charge in [0.05, 0.1) is 6.26 Å². The fraction of sp³-hybridized carbons (Fsp3) is 0.750. The van der Waals surface area contributed by atoms with Crippen LogP contribution in [0.4, 0.5) is 0 Å². The Hall–Kier alpha value is -0.100. The molecule has 0 aliphatic carbocycles. The van der Waals surface area contributed by atoms with E-state index in [0.29, 0.717) is 6.54 Å². The molecule has 0 aromatic rings. The fourth-order valence-electron chi connectivity index (χ4n) is 0.795. The first-order valence-corrected chi connectivity index (χ1v) is 6.69. The summed E-state index contributed by atoms with van der Waals surface area (Å²) >= 11 is 5.46. The van der Waals surface area contributed by atoms with Crippen molar-refractivity contribution in [1.29, 1.82) is 0 Å². The Kier molecular flexibility index (Phi) is 7.17. The molecule has 0 radical (unpaired) electrons. The maximum Gasteiger partial charge on any atom is 0.208 e. The van der Waals surface area contributed by atoms with Crippen molar-refractivity contribution in [1.82, 2.24) is 10.0 Å². The van der Waals surface area contributed by atoms with Gasteiger partial charge in [0, 0.05) is 18.6 Å². The van der Waals surface area contributed by atoms with Crippen molar-refractivity contribution >= 4 is 21.6 Å². The van der Waals surface area contributed by atoms with E-state index >= 15 is 0 Å². The number of nitrogens with one attached hydrogen (secondary N) is 2. The van der Waals surface area contributed by atoms with Crippen LogP contribution in [-0.4, -0.2) is 34.3 Å². The lowest BCUT2D eigenvalue weighted by Crippen LogP contribution is -2.26. The Bertz CT molecular complexity index is 275. The van der Waals surface area contributed by atoms with Gasteiger partial charge in [-0.25, -0.2) is 13.1 Å². The molecule has 0 aliphatic heterocycles. The molecule has 0 atom stereocenters. The van der Waals surface area contributed by atoms with Crippen molar-refractivity contribution in [3.8, 4) is 0 Å². The molecule has 2 N–H and O–H groups in total. The van der Waals surface area contributed by atoms with Gasteiger partial charge < -0.3 is 5.32 Å². The molecule has 0 saturated carbocycles. The van der Waals surface area contributed by atoms with E-state index in [1.807, 2.05) is 6.92 Å². The van der Waals surface area contributed by atoms with E-state index < -0.39 is 10.0 Å². The van der Waals surface area contributed by atoms with E-state index in [-0.39, 0.29) is 0 Å². The van der Waals surface area contributed by atoms with Gasteiger partial charge >= 0.3 is 0 Å². The van der Waals surface area contributed by atoms with E-state index in [9.17, 15) is 8.42 Å². The second-order valence-electron chi connectivity index (χ2n) is 3.15. The smallest absolute Gasteiger partial charge is 0.208 e. The van der Waals surface area contributed by atoms with Gasteiger partial charge in [0.1, 0.15) is 0 Å². The quantitative estimate of drug-likeness (QED) is 0.643. The minimum Gasteiger partial charge on any atom is -0.313 e. The number of sulfonamides is 1. The van der Waals surface area contributed by atoms with E-state index in [1.54, 1.807) is 0 Å². The van der Waals surface area contributed by atoms with E-state index in [4.69, 9.17) is 11.6 Å². The zero-order valence-corrected chi connectivity index (χ0v) is 10.1. The van der Waals surface area contributed by atoms with Crippen LogP contribution in [0.5, 0.6) is 0 Å². The second kappa shape index (κ2) is 7.23. The molecule has 0 fully saturated rings. The predicted octanol–water partition coefficient (Wildman–Crippen LogP) is 0.658. The first kappa shape index (κ1) is 13.9. The maximum absolute atomic E-state index is 10.7. The van der Waals surface area contributed by atoms with Gasteiger partial charge in [-0.1, -0.05) is 11.6 Å². The van der Waals surface area contributed by atoms with E-state index in [2.05, 4.69) is 10.0 Å². The van der Waals surface area contributed by atoms with Crippen LogP contribution in [0.25, 0.3) is 0 Å². The molecule has 14 heavy (non-hydrogen) atoms. The lowest BCUT2D eigenvalue weighted by Gasteiger charge is -2.04. The summed E-state index contributed by atoms with van der Waals surface area (Å²) in [5, 5.41) is 3.13. The van der Waals surface area contributed by atoms with Crippen LogP contribution >= 0.6 is 11.6 Å². The highest BCUT2D eigenvalue weighted by Gasteiger charge is 1.97. The molecule has 0 heterocycles. The summed E-state index contributed by atoms with van der Waals surface area (Å²) in [7, 11) is -3.04. The van der Waals surface area contributed by atoms with Crippen molar-refractivity contribution in [2.75, 3.05) is 25.9 Å². The normalized spacial score (nSPS) is 13.2. The molecule has 0 aliphatic rings. The molecule has 0 aromatic heterocycles. The zero-order chi connectivity index (χ0) is 11.0. The molecule has 4 nitrogen and oxygen atoms in total. The average molecular weight is 241 g/mol. The van der Waals surface area contributed by atoms with Crippen LogP contribution in [0.15, 0.2) is 11.1 Å². The molecule has 0 bridgehead atoms. The number of hydrogen-bond donors (Lipinski definition) is 2. The fourth-order valence-corrected chi connectivity index (χ4v) is 1.39. The van der Waals surface area contributed by atoms with Gasteiger partial charge in [0.2, 0.25) is 10.0 Å². The summed E-state index contributed by atoms with van der Waals surface area (Å²) in [4.78, 5) is 0. The third-order valence-electron chi connectivity index (χ3n) is 1.48. The van der Waals surface area contributed by atoms with Gasteiger partial charge in [-0.15, -0.1) is 0 Å². The van der Waals surface area contributed by atoms with Gasteiger partial charge in [0.25, 0.3) is 0 Å². The van der Waals surface area contributed by atoms with E-state index in [1.165, 1.54) is 5.54 Å². The van der Waals surface area contributed by atoms with Gasteiger partial charge in [-0.05, 0) is 25.5 Å². The summed E-state index contributed by atoms with van der Waals surface area (Å²) in [6.07, 6.45) is 1.92. The summed E-state index contributed by atoms with van der Waals surface area (Å²) in [5.74, 6) is 0. The molecule has 0 spiro atoms.